The third-order valence-corrected chi connectivity index (χ3v) is 5.36. The molecule has 31 heavy (non-hydrogen) atoms. The first-order valence-electron chi connectivity index (χ1n) is 9.83. The molecule has 1 amide bonds. The summed E-state index contributed by atoms with van der Waals surface area (Å²) in [7, 11) is 0. The number of fused-ring (bicyclic) bond motifs is 1. The van der Waals surface area contributed by atoms with E-state index in [4.69, 9.17) is 9.26 Å². The van der Waals surface area contributed by atoms with Crippen molar-refractivity contribution in [3.63, 3.8) is 0 Å². The van der Waals surface area contributed by atoms with E-state index in [1.54, 1.807) is 6.92 Å². The van der Waals surface area contributed by atoms with Gasteiger partial charge in [-0.1, -0.05) is 5.16 Å². The summed E-state index contributed by atoms with van der Waals surface area (Å²) in [6, 6.07) is 9.27. The summed E-state index contributed by atoms with van der Waals surface area (Å²) in [4.78, 5) is 29.4. The lowest BCUT2D eigenvalue weighted by molar-refractivity contribution is -0.125. The fourth-order valence-corrected chi connectivity index (χ4v) is 3.78. The van der Waals surface area contributed by atoms with Gasteiger partial charge in [-0.15, -0.1) is 0 Å². The molecule has 0 radical (unpaired) electrons. The molecule has 0 saturated heterocycles. The quantitative estimate of drug-likeness (QED) is 0.626. The predicted molar refractivity (Wildman–Crippen MR) is 107 cm³/mol. The number of carbonyl (C=O) groups is 2. The molecule has 0 unspecified atom stereocenters. The Balaban J connectivity index is 1.57. The van der Waals surface area contributed by atoms with Crippen LogP contribution in [0.4, 0.5) is 4.39 Å². The Labute approximate surface area is 177 Å². The first-order valence-corrected chi connectivity index (χ1v) is 9.83. The zero-order valence-corrected chi connectivity index (χ0v) is 16.8. The van der Waals surface area contributed by atoms with Gasteiger partial charge in [-0.3, -0.25) is 4.79 Å². The maximum Gasteiger partial charge on any atom is 0.339 e. The minimum atomic E-state index is -0.895. The Kier molecular flexibility index (Phi) is 5.38. The largest absolute Gasteiger partial charge is 0.452 e. The molecule has 0 bridgehead atoms. The van der Waals surface area contributed by atoms with Crippen molar-refractivity contribution in [3.8, 4) is 17.3 Å². The number of nitriles is 1. The monoisotopic (exact) mass is 422 g/mol. The zero-order chi connectivity index (χ0) is 22.0. The second-order valence-corrected chi connectivity index (χ2v) is 7.54. The van der Waals surface area contributed by atoms with Gasteiger partial charge in [-0.25, -0.2) is 14.2 Å². The minimum absolute atomic E-state index is 0.130. The van der Waals surface area contributed by atoms with Gasteiger partial charge in [0, 0.05) is 5.56 Å². The Morgan fingerprint density at radius 1 is 1.29 bits per heavy atom. The van der Waals surface area contributed by atoms with Gasteiger partial charge in [0.05, 0.1) is 28.4 Å². The molecule has 8 nitrogen and oxygen atoms in total. The van der Waals surface area contributed by atoms with E-state index in [1.165, 1.54) is 30.3 Å². The maximum atomic E-state index is 13.3. The average molecular weight is 422 g/mol. The summed E-state index contributed by atoms with van der Waals surface area (Å²) in [6.07, 6.45) is 2.88. The second-order valence-electron chi connectivity index (χ2n) is 7.54. The topological polar surface area (TPSA) is 118 Å². The van der Waals surface area contributed by atoms with Crippen molar-refractivity contribution in [2.75, 3.05) is 6.61 Å². The van der Waals surface area contributed by atoms with Crippen LogP contribution in [0.3, 0.4) is 0 Å². The van der Waals surface area contributed by atoms with Gasteiger partial charge in [0.1, 0.15) is 11.4 Å². The SMILES string of the molecule is Cc1noc2nc(-c3ccc(F)cc3)cc(C(=O)OCC(=O)NC3(C#N)CCCC3)c12. The Morgan fingerprint density at radius 2 is 2.00 bits per heavy atom. The molecule has 3 aromatic rings. The number of nitrogens with one attached hydrogen (secondary N) is 1. The Bertz CT molecular complexity index is 1190. The lowest BCUT2D eigenvalue weighted by Crippen LogP contribution is -2.46. The first kappa shape index (κ1) is 20.5. The number of aryl methyl sites for hydroxylation is 1. The molecule has 2 aromatic heterocycles. The molecule has 0 aliphatic heterocycles. The minimum Gasteiger partial charge on any atom is -0.452 e. The first-order chi connectivity index (χ1) is 14.9. The highest BCUT2D eigenvalue weighted by Crippen LogP contribution is 2.29. The van der Waals surface area contributed by atoms with E-state index in [-0.39, 0.29) is 11.3 Å². The molecule has 1 aliphatic carbocycles. The van der Waals surface area contributed by atoms with E-state index in [0.29, 0.717) is 35.2 Å². The van der Waals surface area contributed by atoms with Crippen LogP contribution in [0, 0.1) is 24.1 Å². The van der Waals surface area contributed by atoms with E-state index in [9.17, 15) is 19.2 Å². The van der Waals surface area contributed by atoms with Gasteiger partial charge in [-0.2, -0.15) is 5.26 Å². The van der Waals surface area contributed by atoms with Gasteiger partial charge < -0.3 is 14.6 Å². The zero-order valence-electron chi connectivity index (χ0n) is 16.8. The van der Waals surface area contributed by atoms with Gasteiger partial charge in [0.15, 0.2) is 6.61 Å². The third-order valence-electron chi connectivity index (χ3n) is 5.36. The number of amides is 1. The fourth-order valence-electron chi connectivity index (χ4n) is 3.78. The number of halogens is 1. The number of hydrogen-bond donors (Lipinski definition) is 1. The van der Waals surface area contributed by atoms with Gasteiger partial charge in [0.25, 0.3) is 11.6 Å². The summed E-state index contributed by atoms with van der Waals surface area (Å²) in [5.41, 5.74) is 0.750. The lowest BCUT2D eigenvalue weighted by atomic mass is 10.00. The number of carbonyl (C=O) groups excluding carboxylic acids is 2. The average Bonchev–Trinajstić information content (AvgIpc) is 3.39. The highest BCUT2D eigenvalue weighted by molar-refractivity contribution is 6.04. The van der Waals surface area contributed by atoms with Crippen LogP contribution in [0.5, 0.6) is 0 Å². The van der Waals surface area contributed by atoms with Crippen LogP contribution in [-0.4, -0.2) is 34.2 Å². The molecule has 4 rings (SSSR count). The number of hydrogen-bond acceptors (Lipinski definition) is 7. The molecule has 1 fully saturated rings. The van der Waals surface area contributed by atoms with Crippen LogP contribution in [0.1, 0.15) is 41.7 Å². The highest BCUT2D eigenvalue weighted by atomic mass is 19.1. The van der Waals surface area contributed by atoms with Crippen molar-refractivity contribution in [2.45, 2.75) is 38.1 Å². The molecule has 0 spiro atoms. The fraction of sp³-hybridized carbons (Fsp3) is 0.318. The van der Waals surface area contributed by atoms with Crippen LogP contribution in [-0.2, 0) is 9.53 Å². The molecule has 1 N–H and O–H groups in total. The van der Waals surface area contributed by atoms with E-state index >= 15 is 0 Å². The number of aromatic nitrogens is 2. The maximum absolute atomic E-state index is 13.3. The molecular weight excluding hydrogens is 403 g/mol. The summed E-state index contributed by atoms with van der Waals surface area (Å²) in [5.74, 6) is -1.69. The van der Waals surface area contributed by atoms with E-state index in [1.807, 2.05) is 0 Å². The Morgan fingerprint density at radius 3 is 2.68 bits per heavy atom. The van der Waals surface area contributed by atoms with Crippen molar-refractivity contribution >= 4 is 23.0 Å². The van der Waals surface area contributed by atoms with Crippen molar-refractivity contribution in [1.82, 2.24) is 15.5 Å². The summed E-state index contributed by atoms with van der Waals surface area (Å²) in [5, 5.41) is 16.3. The van der Waals surface area contributed by atoms with Crippen LogP contribution >= 0.6 is 0 Å². The molecule has 2 heterocycles. The van der Waals surface area contributed by atoms with E-state index in [2.05, 4.69) is 21.5 Å². The smallest absolute Gasteiger partial charge is 0.339 e. The summed E-state index contributed by atoms with van der Waals surface area (Å²) in [6.45, 7) is 1.13. The molecular formula is C22H19FN4O4. The van der Waals surface area contributed by atoms with Crippen LogP contribution < -0.4 is 5.32 Å². The van der Waals surface area contributed by atoms with Crippen molar-refractivity contribution in [3.05, 3.63) is 47.4 Å². The van der Waals surface area contributed by atoms with Crippen LogP contribution in [0.15, 0.2) is 34.9 Å². The van der Waals surface area contributed by atoms with Crippen LogP contribution in [0.25, 0.3) is 22.4 Å². The molecule has 158 valence electrons. The number of ether oxygens (including phenoxy) is 1. The van der Waals surface area contributed by atoms with Gasteiger partial charge in [0.2, 0.25) is 0 Å². The highest BCUT2D eigenvalue weighted by Gasteiger charge is 2.35. The molecule has 1 aromatic carbocycles. The van der Waals surface area contributed by atoms with Crippen molar-refractivity contribution in [1.29, 1.82) is 5.26 Å². The summed E-state index contributed by atoms with van der Waals surface area (Å²) < 4.78 is 23.7. The summed E-state index contributed by atoms with van der Waals surface area (Å²) >= 11 is 0. The standard InChI is InChI=1S/C22H19FN4O4/c1-13-19-16(21(29)30-11-18(28)26-22(12-24)8-2-3-9-22)10-17(25-20(19)31-27-13)14-4-6-15(23)7-5-14/h4-7,10H,2-3,8-9,11H2,1H3,(H,26,28). The number of rotatable bonds is 5. The number of pyridine rings is 1. The number of esters is 1. The molecule has 9 heteroatoms. The van der Waals surface area contributed by atoms with Gasteiger partial charge >= 0.3 is 5.97 Å². The Hall–Kier alpha value is -3.80. The molecule has 0 atom stereocenters. The normalized spacial score (nSPS) is 14.9. The van der Waals surface area contributed by atoms with Crippen molar-refractivity contribution < 1.29 is 23.2 Å². The second kappa shape index (κ2) is 8.14. The van der Waals surface area contributed by atoms with E-state index < -0.39 is 29.8 Å². The third kappa shape index (κ3) is 4.10. The number of benzene rings is 1. The molecule has 1 aliphatic rings. The van der Waals surface area contributed by atoms with Crippen LogP contribution in [0.2, 0.25) is 0 Å². The molecule has 1 saturated carbocycles. The van der Waals surface area contributed by atoms with Crippen molar-refractivity contribution in [2.24, 2.45) is 0 Å². The van der Waals surface area contributed by atoms with Gasteiger partial charge in [-0.05, 0) is 62.9 Å². The lowest BCUT2D eigenvalue weighted by Gasteiger charge is -2.21. The predicted octanol–water partition coefficient (Wildman–Crippen LogP) is 3.45. The van der Waals surface area contributed by atoms with E-state index in [0.717, 1.165) is 12.8 Å². The number of nitrogens with zero attached hydrogens (tertiary/aromatic N) is 3.